The third kappa shape index (κ3) is 14.0. The lowest BCUT2D eigenvalue weighted by Crippen LogP contribution is -2.55. The molecule has 5 N–H and O–H groups in total. The van der Waals surface area contributed by atoms with Gasteiger partial charge in [-0.1, -0.05) is 0 Å². The Morgan fingerprint density at radius 2 is 0.979 bits per heavy atom. The summed E-state index contributed by atoms with van der Waals surface area (Å²) in [5.74, 6) is -2.79. The highest BCUT2D eigenvalue weighted by Crippen LogP contribution is 2.11. The van der Waals surface area contributed by atoms with Gasteiger partial charge in [-0.2, -0.15) is 0 Å². The highest BCUT2D eigenvalue weighted by molar-refractivity contribution is 5.91. The van der Waals surface area contributed by atoms with E-state index < -0.39 is 42.9 Å². The number of nitrogens with one attached hydrogen (secondary N) is 4. The molecule has 3 heterocycles. The van der Waals surface area contributed by atoms with E-state index in [4.69, 9.17) is 19.3 Å². The van der Waals surface area contributed by atoms with Gasteiger partial charge < -0.3 is 55.3 Å². The second kappa shape index (κ2) is 21.0. The number of ether oxygens (including phenoxy) is 3. The molecule has 3 rings (SSSR count). The number of carbonyl (C=O) groups excluding carboxylic acids is 6. The summed E-state index contributed by atoms with van der Waals surface area (Å²) in [6, 6.07) is -1.09. The van der Waals surface area contributed by atoms with Gasteiger partial charge in [-0.3, -0.25) is 33.7 Å². The van der Waals surface area contributed by atoms with E-state index in [9.17, 15) is 33.6 Å². The van der Waals surface area contributed by atoms with Crippen LogP contribution in [0, 0.1) is 0 Å². The monoisotopic (exact) mass is 684 g/mol. The van der Waals surface area contributed by atoms with Gasteiger partial charge in [0.25, 0.3) is 0 Å². The fourth-order valence-electron chi connectivity index (χ4n) is 5.30. The molecule has 0 aromatic rings. The molecule has 0 spiro atoms. The quantitative estimate of drug-likeness (QED) is 0.0925. The first-order chi connectivity index (χ1) is 23.1. The normalized spacial score (nSPS) is 17.3. The molecule has 3 aliphatic heterocycles. The molecule has 19 nitrogen and oxygen atoms in total. The Bertz CT molecular complexity index is 1060. The molecule has 270 valence electrons. The van der Waals surface area contributed by atoms with Crippen LogP contribution in [0.1, 0.15) is 19.3 Å². The maximum Gasteiger partial charge on any atom is 0.404 e. The van der Waals surface area contributed by atoms with E-state index in [2.05, 4.69) is 21.3 Å². The van der Waals surface area contributed by atoms with Crippen molar-refractivity contribution in [2.24, 2.45) is 0 Å². The zero-order chi connectivity index (χ0) is 34.7. The molecule has 3 saturated heterocycles. The molecule has 3 fully saturated rings. The summed E-state index contributed by atoms with van der Waals surface area (Å²) in [7, 11) is 0. The minimum atomic E-state index is -1.20. The summed E-state index contributed by atoms with van der Waals surface area (Å²) in [5.41, 5.74) is 0. The fourth-order valence-corrected chi connectivity index (χ4v) is 5.30. The first-order valence-corrected chi connectivity index (χ1v) is 16.2. The largest absolute Gasteiger partial charge is 0.465 e. The number of amides is 7. The minimum absolute atomic E-state index is 0.110. The number of hydrogen-bond donors (Lipinski definition) is 5. The zero-order valence-corrected chi connectivity index (χ0v) is 27.2. The number of carboxylic acid groups (broad SMARTS) is 1. The van der Waals surface area contributed by atoms with Crippen LogP contribution in [-0.4, -0.2) is 190 Å². The minimum Gasteiger partial charge on any atom is -0.465 e. The van der Waals surface area contributed by atoms with Gasteiger partial charge in [0.2, 0.25) is 35.4 Å². The number of nitrogens with zero attached hydrogens (tertiary/aromatic N) is 4. The predicted molar refractivity (Wildman–Crippen MR) is 166 cm³/mol. The number of hydrogen-bond acceptors (Lipinski definition) is 11. The summed E-state index contributed by atoms with van der Waals surface area (Å²) >= 11 is 0. The van der Waals surface area contributed by atoms with Crippen molar-refractivity contribution in [2.75, 3.05) is 118 Å². The molecule has 0 bridgehead atoms. The third-order valence-electron chi connectivity index (χ3n) is 8.00. The van der Waals surface area contributed by atoms with E-state index in [1.165, 1.54) is 4.90 Å². The standard InChI is InChI=1S/C29H48N8O11/c38-23(31-17-25(40)34-5-11-46-12-6-34)20-37(21-24(39)32-18-26(41)35-7-13-47-14-8-35)22(3-1-2-4-30-29(44)45)28(43)33-19-27(42)36-9-15-48-16-10-36/h22,30H,1-21H2,(H,31,38)(H,32,39)(H,33,43)(H,44,45). The first kappa shape index (κ1) is 38.4. The van der Waals surface area contributed by atoms with E-state index in [1.807, 2.05) is 0 Å². The molecule has 1 unspecified atom stereocenters. The van der Waals surface area contributed by atoms with Gasteiger partial charge in [-0.25, -0.2) is 4.79 Å². The van der Waals surface area contributed by atoms with E-state index in [-0.39, 0.29) is 50.3 Å². The Labute approximate surface area is 278 Å². The Morgan fingerprint density at radius 3 is 1.38 bits per heavy atom. The fraction of sp³-hybridized carbons (Fsp3) is 0.759. The van der Waals surface area contributed by atoms with Crippen molar-refractivity contribution < 1.29 is 52.9 Å². The number of morpholine rings is 3. The Kier molecular flexibility index (Phi) is 16.8. The average Bonchev–Trinajstić information content (AvgIpc) is 3.10. The van der Waals surface area contributed by atoms with E-state index in [1.54, 1.807) is 14.7 Å². The SMILES string of the molecule is O=C(O)NCCCCC(C(=O)NCC(=O)N1CCOCC1)N(CC(=O)NCC(=O)N1CCOCC1)CC(=O)NCC(=O)N1CCOCC1. The second-order valence-electron chi connectivity index (χ2n) is 11.4. The van der Waals surface area contributed by atoms with Crippen molar-refractivity contribution in [3.8, 4) is 0 Å². The molecule has 0 radical (unpaired) electrons. The van der Waals surface area contributed by atoms with Gasteiger partial charge in [0.15, 0.2) is 0 Å². The number of unbranched alkanes of at least 4 members (excludes halogenated alkanes) is 1. The molecule has 0 saturated carbocycles. The molecule has 48 heavy (non-hydrogen) atoms. The Morgan fingerprint density at radius 1 is 0.583 bits per heavy atom. The van der Waals surface area contributed by atoms with Crippen LogP contribution in [-0.2, 0) is 43.0 Å². The predicted octanol–water partition coefficient (Wildman–Crippen LogP) is -3.98. The topological polar surface area (TPSA) is 228 Å². The molecule has 0 aliphatic carbocycles. The van der Waals surface area contributed by atoms with Crippen molar-refractivity contribution in [3.63, 3.8) is 0 Å². The van der Waals surface area contributed by atoms with Gasteiger partial charge in [-0.15, -0.1) is 0 Å². The highest BCUT2D eigenvalue weighted by atomic mass is 16.5. The van der Waals surface area contributed by atoms with Crippen LogP contribution in [0.5, 0.6) is 0 Å². The highest BCUT2D eigenvalue weighted by Gasteiger charge is 2.31. The maximum absolute atomic E-state index is 13.6. The molecular weight excluding hydrogens is 636 g/mol. The van der Waals surface area contributed by atoms with E-state index >= 15 is 0 Å². The van der Waals surface area contributed by atoms with Crippen LogP contribution < -0.4 is 21.3 Å². The average molecular weight is 685 g/mol. The van der Waals surface area contributed by atoms with Crippen LogP contribution >= 0.6 is 0 Å². The van der Waals surface area contributed by atoms with Crippen LogP contribution in [0.3, 0.4) is 0 Å². The van der Waals surface area contributed by atoms with Crippen molar-refractivity contribution >= 4 is 41.5 Å². The number of rotatable bonds is 17. The van der Waals surface area contributed by atoms with Crippen molar-refractivity contribution in [3.05, 3.63) is 0 Å². The van der Waals surface area contributed by atoms with Crippen molar-refractivity contribution in [2.45, 2.75) is 25.3 Å². The van der Waals surface area contributed by atoms with Gasteiger partial charge in [0.1, 0.15) is 0 Å². The second-order valence-corrected chi connectivity index (χ2v) is 11.4. The summed E-state index contributed by atoms with van der Waals surface area (Å²) in [6.07, 6.45) is -0.393. The van der Waals surface area contributed by atoms with Crippen LogP contribution in [0.15, 0.2) is 0 Å². The lowest BCUT2D eigenvalue weighted by atomic mass is 10.1. The van der Waals surface area contributed by atoms with Gasteiger partial charge in [-0.05, 0) is 19.3 Å². The summed E-state index contributed by atoms with van der Waals surface area (Å²) in [5, 5.41) is 18.9. The molecular formula is C29H48N8O11. The van der Waals surface area contributed by atoms with Gasteiger partial charge in [0, 0.05) is 45.8 Å². The molecule has 1 atom stereocenters. The van der Waals surface area contributed by atoms with Gasteiger partial charge in [0.05, 0.1) is 78.4 Å². The summed E-state index contributed by atoms with van der Waals surface area (Å²) < 4.78 is 15.8. The Hall–Kier alpha value is -4.07. The van der Waals surface area contributed by atoms with Gasteiger partial charge >= 0.3 is 6.09 Å². The van der Waals surface area contributed by atoms with Crippen LogP contribution in [0.2, 0.25) is 0 Å². The van der Waals surface area contributed by atoms with Crippen LogP contribution in [0.4, 0.5) is 4.79 Å². The van der Waals surface area contributed by atoms with Crippen molar-refractivity contribution in [1.82, 2.24) is 40.9 Å². The molecule has 0 aromatic heterocycles. The Balaban J connectivity index is 1.69. The van der Waals surface area contributed by atoms with Crippen molar-refractivity contribution in [1.29, 1.82) is 0 Å². The first-order valence-electron chi connectivity index (χ1n) is 16.2. The zero-order valence-electron chi connectivity index (χ0n) is 27.2. The molecule has 3 aliphatic rings. The molecule has 7 amide bonds. The smallest absolute Gasteiger partial charge is 0.404 e. The maximum atomic E-state index is 13.6. The summed E-state index contributed by atoms with van der Waals surface area (Å²) in [6.45, 7) is 2.99. The third-order valence-corrected chi connectivity index (χ3v) is 8.00. The van der Waals surface area contributed by atoms with E-state index in [0.717, 1.165) is 0 Å². The molecule has 19 heteroatoms. The van der Waals surface area contributed by atoms with Crippen LogP contribution in [0.25, 0.3) is 0 Å². The summed E-state index contributed by atoms with van der Waals surface area (Å²) in [4.78, 5) is 94.6. The lowest BCUT2D eigenvalue weighted by Gasteiger charge is -2.31. The van der Waals surface area contributed by atoms with E-state index in [0.29, 0.717) is 91.8 Å². The lowest BCUT2D eigenvalue weighted by molar-refractivity contribution is -0.139. The number of carbonyl (C=O) groups is 7. The molecule has 0 aromatic carbocycles.